The Balaban J connectivity index is 2.16. The van der Waals surface area contributed by atoms with Gasteiger partial charge < -0.3 is 0 Å². The molecule has 0 amide bonds. The van der Waals surface area contributed by atoms with Gasteiger partial charge in [-0.05, 0) is 32.3 Å². The minimum absolute atomic E-state index is 0.0862. The molecule has 4 heteroatoms. The minimum atomic E-state index is -0.811. The number of nitriles is 1. The number of hydrogen-bond acceptors (Lipinski definition) is 3. The summed E-state index contributed by atoms with van der Waals surface area (Å²) in [7, 11) is 0. The van der Waals surface area contributed by atoms with E-state index in [1.807, 2.05) is 16.9 Å². The van der Waals surface area contributed by atoms with Gasteiger partial charge in [-0.2, -0.15) is 10.4 Å². The highest BCUT2D eigenvalue weighted by molar-refractivity contribution is 5.89. The number of carbonyl (C=O) groups is 1. The molecule has 0 aromatic carbocycles. The summed E-state index contributed by atoms with van der Waals surface area (Å²) >= 11 is 0. The lowest BCUT2D eigenvalue weighted by molar-refractivity contribution is -0.123. The fraction of sp³-hybridized carbons (Fsp3) is 0.643. The van der Waals surface area contributed by atoms with E-state index < -0.39 is 5.41 Å². The predicted octanol–water partition coefficient (Wildman–Crippen LogP) is 2.66. The Morgan fingerprint density at radius 1 is 1.67 bits per heavy atom. The summed E-state index contributed by atoms with van der Waals surface area (Å²) in [5, 5.41) is 13.8. The van der Waals surface area contributed by atoms with Gasteiger partial charge in [0, 0.05) is 25.1 Å². The van der Waals surface area contributed by atoms with Crippen LogP contribution in [0.1, 0.15) is 51.3 Å². The zero-order valence-corrected chi connectivity index (χ0v) is 11.0. The molecule has 1 heterocycles. The zero-order chi connectivity index (χ0) is 13.2. The van der Waals surface area contributed by atoms with Crippen molar-refractivity contribution in [2.45, 2.75) is 52.0 Å². The van der Waals surface area contributed by atoms with Gasteiger partial charge in [-0.15, -0.1) is 0 Å². The molecule has 96 valence electrons. The van der Waals surface area contributed by atoms with E-state index in [2.05, 4.69) is 25.0 Å². The smallest absolute Gasteiger partial charge is 0.153 e. The third-order valence-corrected chi connectivity index (χ3v) is 3.94. The monoisotopic (exact) mass is 245 g/mol. The van der Waals surface area contributed by atoms with Crippen LogP contribution in [0.15, 0.2) is 12.3 Å². The molecular formula is C14H19N3O. The lowest BCUT2D eigenvalue weighted by atomic mass is 9.82. The van der Waals surface area contributed by atoms with Gasteiger partial charge in [0.1, 0.15) is 5.41 Å². The summed E-state index contributed by atoms with van der Waals surface area (Å²) < 4.78 is 1.92. The largest absolute Gasteiger partial charge is 0.298 e. The SMILES string of the molecule is CCC(C)n1ccc(CC2(C#N)CCCC2=O)n1. The van der Waals surface area contributed by atoms with Crippen LogP contribution in [0.3, 0.4) is 0 Å². The quantitative estimate of drug-likeness (QED) is 0.819. The molecule has 1 fully saturated rings. The molecule has 2 atom stereocenters. The lowest BCUT2D eigenvalue weighted by Gasteiger charge is -2.16. The van der Waals surface area contributed by atoms with E-state index in [1.165, 1.54) is 0 Å². The number of ketones is 1. The second kappa shape index (κ2) is 4.93. The number of nitrogens with zero attached hydrogens (tertiary/aromatic N) is 3. The number of carbonyl (C=O) groups excluding carboxylic acids is 1. The Kier molecular flexibility index (Phi) is 3.51. The normalized spacial score (nSPS) is 25.1. The number of hydrogen-bond donors (Lipinski definition) is 0. The third kappa shape index (κ3) is 2.17. The second-order valence-electron chi connectivity index (χ2n) is 5.19. The summed E-state index contributed by atoms with van der Waals surface area (Å²) in [5.74, 6) is 0.0862. The molecule has 2 rings (SSSR count). The molecule has 1 saturated carbocycles. The lowest BCUT2D eigenvalue weighted by Crippen LogP contribution is -2.26. The zero-order valence-electron chi connectivity index (χ0n) is 11.0. The van der Waals surface area contributed by atoms with Gasteiger partial charge in [-0.1, -0.05) is 6.92 Å². The van der Waals surface area contributed by atoms with Gasteiger partial charge in [0.05, 0.1) is 11.8 Å². The Hall–Kier alpha value is -1.63. The molecule has 0 spiro atoms. The summed E-state index contributed by atoms with van der Waals surface area (Å²) in [4.78, 5) is 11.9. The molecule has 0 saturated heterocycles. The Morgan fingerprint density at radius 3 is 3.00 bits per heavy atom. The third-order valence-electron chi connectivity index (χ3n) is 3.94. The molecule has 0 aliphatic heterocycles. The van der Waals surface area contributed by atoms with E-state index in [9.17, 15) is 10.1 Å². The molecular weight excluding hydrogens is 226 g/mol. The first kappa shape index (κ1) is 12.8. The fourth-order valence-corrected chi connectivity index (χ4v) is 2.49. The molecule has 18 heavy (non-hydrogen) atoms. The maximum absolute atomic E-state index is 11.9. The van der Waals surface area contributed by atoms with Gasteiger partial charge in [0.15, 0.2) is 5.78 Å². The molecule has 4 nitrogen and oxygen atoms in total. The Labute approximate surface area is 108 Å². The predicted molar refractivity (Wildman–Crippen MR) is 67.8 cm³/mol. The standard InChI is InChI=1S/C14H19N3O/c1-3-11(2)17-8-6-12(16-17)9-14(10-15)7-4-5-13(14)18/h6,8,11H,3-5,7,9H2,1-2H3. The maximum atomic E-state index is 11.9. The van der Waals surface area contributed by atoms with Crippen molar-refractivity contribution in [3.8, 4) is 6.07 Å². The molecule has 1 aromatic heterocycles. The van der Waals surface area contributed by atoms with E-state index in [-0.39, 0.29) is 5.78 Å². The minimum Gasteiger partial charge on any atom is -0.298 e. The second-order valence-corrected chi connectivity index (χ2v) is 5.19. The average molecular weight is 245 g/mol. The summed E-state index contributed by atoms with van der Waals surface area (Å²) in [6, 6.07) is 4.51. The summed E-state index contributed by atoms with van der Waals surface area (Å²) in [5.41, 5.74) is 0.0429. The first-order valence-corrected chi connectivity index (χ1v) is 6.60. The highest BCUT2D eigenvalue weighted by Crippen LogP contribution is 2.37. The first-order valence-electron chi connectivity index (χ1n) is 6.60. The number of aromatic nitrogens is 2. The molecule has 1 aromatic rings. The highest BCUT2D eigenvalue weighted by atomic mass is 16.1. The number of rotatable bonds is 4. The molecule has 1 aliphatic carbocycles. The van der Waals surface area contributed by atoms with Crippen LogP contribution in [0.5, 0.6) is 0 Å². The van der Waals surface area contributed by atoms with Crippen LogP contribution < -0.4 is 0 Å². The van der Waals surface area contributed by atoms with Gasteiger partial charge in [-0.3, -0.25) is 9.48 Å². The van der Waals surface area contributed by atoms with E-state index in [0.717, 1.165) is 18.5 Å². The van der Waals surface area contributed by atoms with E-state index in [4.69, 9.17) is 0 Å². The van der Waals surface area contributed by atoms with Crippen molar-refractivity contribution in [1.29, 1.82) is 5.26 Å². The summed E-state index contributed by atoms with van der Waals surface area (Å²) in [6.07, 6.45) is 5.47. The van der Waals surface area contributed by atoms with Crippen molar-refractivity contribution in [3.05, 3.63) is 18.0 Å². The van der Waals surface area contributed by atoms with Gasteiger partial charge >= 0.3 is 0 Å². The number of Topliss-reactive ketones (excluding diaryl/α,β-unsaturated/α-hetero) is 1. The molecule has 1 aliphatic rings. The highest BCUT2D eigenvalue weighted by Gasteiger charge is 2.42. The molecule has 0 N–H and O–H groups in total. The van der Waals surface area contributed by atoms with E-state index in [1.54, 1.807) is 0 Å². The van der Waals surface area contributed by atoms with Crippen molar-refractivity contribution < 1.29 is 4.79 Å². The van der Waals surface area contributed by atoms with Crippen LogP contribution in [-0.2, 0) is 11.2 Å². The molecule has 0 radical (unpaired) electrons. The van der Waals surface area contributed by atoms with E-state index >= 15 is 0 Å². The topological polar surface area (TPSA) is 58.7 Å². The molecule has 0 bridgehead atoms. The van der Waals surface area contributed by atoms with Crippen molar-refractivity contribution in [1.82, 2.24) is 9.78 Å². The van der Waals surface area contributed by atoms with Crippen LogP contribution in [-0.4, -0.2) is 15.6 Å². The van der Waals surface area contributed by atoms with Crippen LogP contribution in [0, 0.1) is 16.7 Å². The average Bonchev–Trinajstić information content (AvgIpc) is 2.97. The van der Waals surface area contributed by atoms with Crippen molar-refractivity contribution in [2.75, 3.05) is 0 Å². The van der Waals surface area contributed by atoms with Crippen molar-refractivity contribution in [2.24, 2.45) is 5.41 Å². The first-order chi connectivity index (χ1) is 8.61. The van der Waals surface area contributed by atoms with Crippen LogP contribution >= 0.6 is 0 Å². The van der Waals surface area contributed by atoms with E-state index in [0.29, 0.717) is 25.3 Å². The van der Waals surface area contributed by atoms with Crippen molar-refractivity contribution >= 4 is 5.78 Å². The fourth-order valence-electron chi connectivity index (χ4n) is 2.49. The van der Waals surface area contributed by atoms with Crippen LogP contribution in [0.2, 0.25) is 0 Å². The van der Waals surface area contributed by atoms with Crippen LogP contribution in [0.4, 0.5) is 0 Å². The van der Waals surface area contributed by atoms with Gasteiger partial charge in [0.25, 0.3) is 0 Å². The van der Waals surface area contributed by atoms with Gasteiger partial charge in [0.2, 0.25) is 0 Å². The molecule has 2 unspecified atom stereocenters. The summed E-state index contributed by atoms with van der Waals surface area (Å²) in [6.45, 7) is 4.22. The Bertz CT molecular complexity index is 485. The van der Waals surface area contributed by atoms with Gasteiger partial charge in [-0.25, -0.2) is 0 Å². The van der Waals surface area contributed by atoms with Crippen molar-refractivity contribution in [3.63, 3.8) is 0 Å². The maximum Gasteiger partial charge on any atom is 0.153 e. The van der Waals surface area contributed by atoms with Crippen LogP contribution in [0.25, 0.3) is 0 Å². The Morgan fingerprint density at radius 2 is 2.44 bits per heavy atom.